The van der Waals surface area contributed by atoms with Gasteiger partial charge in [-0.15, -0.1) is 0 Å². The van der Waals surface area contributed by atoms with Gasteiger partial charge in [0.15, 0.2) is 12.0 Å². The summed E-state index contributed by atoms with van der Waals surface area (Å²) in [7, 11) is 0. The van der Waals surface area contributed by atoms with E-state index in [9.17, 15) is 4.79 Å². The lowest BCUT2D eigenvalue weighted by Gasteiger charge is -2.25. The molecule has 0 spiro atoms. The third-order valence-electron chi connectivity index (χ3n) is 5.15. The van der Waals surface area contributed by atoms with Gasteiger partial charge in [-0.3, -0.25) is 4.79 Å². The van der Waals surface area contributed by atoms with E-state index in [2.05, 4.69) is 9.97 Å². The van der Waals surface area contributed by atoms with Crippen LogP contribution in [-0.2, 0) is 19.0 Å². The zero-order chi connectivity index (χ0) is 20.6. The van der Waals surface area contributed by atoms with Crippen molar-refractivity contribution in [3.63, 3.8) is 0 Å². The number of anilines is 1. The fraction of sp³-hybridized carbons (Fsp3) is 0.632. The Hall–Kier alpha value is -1.88. The molecule has 158 valence electrons. The highest BCUT2D eigenvalue weighted by Gasteiger charge is 2.55. The maximum absolute atomic E-state index is 10.6. The smallest absolute Gasteiger partial charge is 0.303 e. The minimum absolute atomic E-state index is 0.132. The van der Waals surface area contributed by atoms with Crippen molar-refractivity contribution in [3.8, 4) is 0 Å². The Morgan fingerprint density at radius 1 is 1.31 bits per heavy atom. The first-order chi connectivity index (χ1) is 13.9. The lowest BCUT2D eigenvalue weighted by molar-refractivity contribution is -0.193. The Morgan fingerprint density at radius 3 is 2.90 bits per heavy atom. The summed E-state index contributed by atoms with van der Waals surface area (Å²) in [6.45, 7) is 3.82. The van der Waals surface area contributed by atoms with Crippen molar-refractivity contribution < 1.29 is 24.1 Å². The first-order valence-electron chi connectivity index (χ1n) is 9.73. The summed E-state index contributed by atoms with van der Waals surface area (Å²) in [6.07, 6.45) is 4.17. The fourth-order valence-electron chi connectivity index (χ4n) is 3.89. The molecule has 4 rings (SSSR count). The van der Waals surface area contributed by atoms with Crippen LogP contribution >= 0.6 is 11.8 Å². The molecule has 2 aliphatic rings. The highest BCUT2D eigenvalue weighted by molar-refractivity contribution is 7.99. The van der Waals surface area contributed by atoms with Gasteiger partial charge in [-0.1, -0.05) is 0 Å². The van der Waals surface area contributed by atoms with Gasteiger partial charge in [0.05, 0.1) is 11.5 Å². The van der Waals surface area contributed by atoms with Crippen molar-refractivity contribution in [3.05, 3.63) is 18.6 Å². The van der Waals surface area contributed by atoms with Crippen LogP contribution in [0.5, 0.6) is 0 Å². The lowest BCUT2D eigenvalue weighted by Crippen LogP contribution is -2.31. The Kier molecular flexibility index (Phi) is 5.69. The zero-order valence-electron chi connectivity index (χ0n) is 16.5. The molecule has 2 saturated heterocycles. The molecule has 0 aliphatic carbocycles. The van der Waals surface area contributed by atoms with Gasteiger partial charge >= 0.3 is 5.97 Å². The molecule has 9 nitrogen and oxygen atoms in total. The van der Waals surface area contributed by atoms with Gasteiger partial charge in [-0.2, -0.15) is 11.8 Å². The summed E-state index contributed by atoms with van der Waals surface area (Å²) in [4.78, 5) is 19.0. The number of thioether (sulfide) groups is 1. The summed E-state index contributed by atoms with van der Waals surface area (Å²) in [5.41, 5.74) is 6.67. The first-order valence-corrected chi connectivity index (χ1v) is 10.9. The Bertz CT molecular complexity index is 889. The van der Waals surface area contributed by atoms with Crippen LogP contribution in [0.1, 0.15) is 39.3 Å². The molecule has 0 saturated carbocycles. The van der Waals surface area contributed by atoms with E-state index >= 15 is 0 Å². The summed E-state index contributed by atoms with van der Waals surface area (Å²) in [5.74, 6) is 0.636. The molecule has 4 heterocycles. The van der Waals surface area contributed by atoms with Gasteiger partial charge in [0.25, 0.3) is 0 Å². The van der Waals surface area contributed by atoms with Crippen molar-refractivity contribution in [1.82, 2.24) is 14.5 Å². The number of unbranched alkanes of at least 4 members (excludes halogenated alkanes) is 1. The standard InChI is InChI=1S/C19H26N4O5S/c1-19(2)27-14-12(9-29-8-4-3-5-13(24)25)26-18(15(14)28-19)23-7-6-11-16(20)21-10-22-17(11)23/h6-7,10,12,14-15,18H,3-5,8-9H2,1-2H3,(H,24,25)(H2,20,21,22)/t12-,14-,15-,18-/m1/s1. The summed E-state index contributed by atoms with van der Waals surface area (Å²) < 4.78 is 20.6. The average molecular weight is 423 g/mol. The Morgan fingerprint density at radius 2 is 2.10 bits per heavy atom. The van der Waals surface area contributed by atoms with Gasteiger partial charge in [0, 0.05) is 18.4 Å². The lowest BCUT2D eigenvalue weighted by atomic mass is 10.1. The van der Waals surface area contributed by atoms with E-state index in [1.807, 2.05) is 30.7 Å². The normalized spacial score (nSPS) is 28.1. The minimum Gasteiger partial charge on any atom is -0.481 e. The highest BCUT2D eigenvalue weighted by Crippen LogP contribution is 2.44. The van der Waals surface area contributed by atoms with Crippen molar-refractivity contribution >= 4 is 34.6 Å². The number of nitrogens with zero attached hydrogens (tertiary/aromatic N) is 3. The van der Waals surface area contributed by atoms with Crippen LogP contribution in [0, 0.1) is 0 Å². The number of aromatic nitrogens is 3. The molecule has 0 radical (unpaired) electrons. The van der Waals surface area contributed by atoms with Crippen molar-refractivity contribution in [2.45, 2.75) is 63.4 Å². The van der Waals surface area contributed by atoms with Crippen LogP contribution < -0.4 is 5.73 Å². The number of carbonyl (C=O) groups is 1. The molecule has 4 atom stereocenters. The first kappa shape index (κ1) is 20.4. The molecule has 0 unspecified atom stereocenters. The van der Waals surface area contributed by atoms with Crippen LogP contribution in [0.3, 0.4) is 0 Å². The molecule has 0 aromatic carbocycles. The topological polar surface area (TPSA) is 122 Å². The number of aliphatic carboxylic acids is 1. The second-order valence-corrected chi connectivity index (χ2v) is 8.92. The molecule has 0 bridgehead atoms. The van der Waals surface area contributed by atoms with Gasteiger partial charge in [0.1, 0.15) is 30.0 Å². The summed E-state index contributed by atoms with van der Waals surface area (Å²) in [6, 6.07) is 1.88. The fourth-order valence-corrected chi connectivity index (χ4v) is 4.97. The number of fused-ring (bicyclic) bond motifs is 2. The molecule has 0 amide bonds. The maximum atomic E-state index is 10.6. The van der Waals surface area contributed by atoms with Crippen LogP contribution in [0.15, 0.2) is 18.6 Å². The van der Waals surface area contributed by atoms with Crippen molar-refractivity contribution in [2.75, 3.05) is 17.2 Å². The molecule has 2 aromatic heterocycles. The Labute approximate surface area is 172 Å². The Balaban J connectivity index is 1.46. The molecular weight excluding hydrogens is 396 g/mol. The highest BCUT2D eigenvalue weighted by atomic mass is 32.2. The van der Waals surface area contributed by atoms with E-state index in [-0.39, 0.29) is 31.0 Å². The summed E-state index contributed by atoms with van der Waals surface area (Å²) in [5, 5.41) is 9.51. The number of ether oxygens (including phenoxy) is 3. The number of nitrogens with two attached hydrogens (primary N) is 1. The minimum atomic E-state index is -0.748. The number of hydrogen-bond acceptors (Lipinski definition) is 8. The van der Waals surface area contributed by atoms with Crippen LogP contribution in [0.4, 0.5) is 5.82 Å². The van der Waals surface area contributed by atoms with E-state index in [4.69, 9.17) is 25.1 Å². The third-order valence-corrected chi connectivity index (χ3v) is 6.29. The number of hydrogen-bond donors (Lipinski definition) is 2. The zero-order valence-corrected chi connectivity index (χ0v) is 17.3. The number of carboxylic acid groups (broad SMARTS) is 1. The predicted octanol–water partition coefficient (Wildman–Crippen LogP) is 2.42. The number of rotatable bonds is 8. The summed E-state index contributed by atoms with van der Waals surface area (Å²) >= 11 is 1.75. The molecule has 29 heavy (non-hydrogen) atoms. The maximum Gasteiger partial charge on any atom is 0.303 e. The van der Waals surface area contributed by atoms with Crippen molar-refractivity contribution in [2.24, 2.45) is 0 Å². The number of carboxylic acids is 1. The molecule has 10 heteroatoms. The van der Waals surface area contributed by atoms with E-state index in [1.54, 1.807) is 11.8 Å². The van der Waals surface area contributed by atoms with E-state index in [0.717, 1.165) is 23.3 Å². The van der Waals surface area contributed by atoms with Crippen LogP contribution in [0.2, 0.25) is 0 Å². The molecular formula is C19H26N4O5S. The average Bonchev–Trinajstić information content (AvgIpc) is 3.30. The van der Waals surface area contributed by atoms with Gasteiger partial charge in [-0.25, -0.2) is 9.97 Å². The molecule has 2 fully saturated rings. The van der Waals surface area contributed by atoms with Crippen molar-refractivity contribution in [1.29, 1.82) is 0 Å². The largest absolute Gasteiger partial charge is 0.481 e. The number of nitrogen functional groups attached to an aromatic ring is 1. The second-order valence-electron chi connectivity index (χ2n) is 7.77. The van der Waals surface area contributed by atoms with Crippen LogP contribution in [-0.4, -0.2) is 61.2 Å². The molecule has 2 aliphatic heterocycles. The predicted molar refractivity (Wildman–Crippen MR) is 108 cm³/mol. The molecule has 3 N–H and O–H groups in total. The molecule has 2 aromatic rings. The van der Waals surface area contributed by atoms with Gasteiger partial charge in [-0.05, 0) is 38.5 Å². The van der Waals surface area contributed by atoms with E-state index in [1.165, 1.54) is 6.33 Å². The van der Waals surface area contributed by atoms with Gasteiger partial charge in [0.2, 0.25) is 0 Å². The SMILES string of the molecule is CC1(C)O[C@@H]2[C@H](O1)[C@@H](CSCCCCC(=O)O)O[C@H]2n1ccc2c(N)ncnc21. The van der Waals surface area contributed by atoms with E-state index in [0.29, 0.717) is 17.9 Å². The van der Waals surface area contributed by atoms with E-state index < -0.39 is 11.8 Å². The van der Waals surface area contributed by atoms with Gasteiger partial charge < -0.3 is 29.6 Å². The quantitative estimate of drug-likeness (QED) is 0.618. The third kappa shape index (κ3) is 4.20. The van der Waals surface area contributed by atoms with Crippen LogP contribution in [0.25, 0.3) is 11.0 Å². The second kappa shape index (κ2) is 8.10. The monoisotopic (exact) mass is 422 g/mol.